The Hall–Kier alpha value is -0.990. The Labute approximate surface area is 87.1 Å². The molecule has 2 rings (SSSR count). The smallest absolute Gasteiger partial charge is 0.194 e. The predicted molar refractivity (Wildman–Crippen MR) is 51.8 cm³/mol. The molecule has 0 nitrogen and oxygen atoms in total. The Balaban J connectivity index is 2.27. The van der Waals surface area contributed by atoms with E-state index in [2.05, 4.69) is 6.42 Å². The fourth-order valence-electron chi connectivity index (χ4n) is 2.07. The molecule has 81 valence electrons. The van der Waals surface area contributed by atoms with Gasteiger partial charge >= 0.3 is 0 Å². The van der Waals surface area contributed by atoms with Crippen LogP contribution in [-0.2, 0) is 0 Å². The Kier molecular flexibility index (Phi) is 2.98. The minimum absolute atomic E-state index is 0.166. The third-order valence-corrected chi connectivity index (χ3v) is 2.92. The van der Waals surface area contributed by atoms with Gasteiger partial charge in [0.15, 0.2) is 17.5 Å². The van der Waals surface area contributed by atoms with Gasteiger partial charge in [-0.3, -0.25) is 0 Å². The molecule has 0 bridgehead atoms. The zero-order chi connectivity index (χ0) is 10.8. The molecule has 1 aliphatic carbocycles. The summed E-state index contributed by atoms with van der Waals surface area (Å²) in [6.45, 7) is 0. The van der Waals surface area contributed by atoms with Crippen molar-refractivity contribution in [1.82, 2.24) is 0 Å². The lowest BCUT2D eigenvalue weighted by Crippen LogP contribution is -2.06. The van der Waals surface area contributed by atoms with Crippen molar-refractivity contribution in [2.75, 3.05) is 0 Å². The molecule has 3 heteroatoms. The molecule has 0 amide bonds. The lowest BCUT2D eigenvalue weighted by atomic mass is 9.84. The van der Waals surface area contributed by atoms with Crippen molar-refractivity contribution in [2.24, 2.45) is 0 Å². The van der Waals surface area contributed by atoms with Crippen LogP contribution in [0.1, 0.15) is 37.2 Å². The van der Waals surface area contributed by atoms with Gasteiger partial charge in [0.25, 0.3) is 0 Å². The summed E-state index contributed by atoms with van der Waals surface area (Å²) in [6.07, 6.45) is 5.89. The summed E-state index contributed by atoms with van der Waals surface area (Å²) < 4.78 is 38.7. The van der Waals surface area contributed by atoms with Crippen molar-refractivity contribution >= 4 is 0 Å². The molecule has 0 aliphatic heterocycles. The molecule has 1 aromatic carbocycles. The van der Waals surface area contributed by atoms with E-state index in [9.17, 15) is 13.2 Å². The van der Waals surface area contributed by atoms with Crippen LogP contribution in [0.15, 0.2) is 12.1 Å². The summed E-state index contributed by atoms with van der Waals surface area (Å²) in [6, 6.07) is 2.24. The quantitative estimate of drug-likeness (QED) is 0.619. The maximum absolute atomic E-state index is 13.0. The summed E-state index contributed by atoms with van der Waals surface area (Å²) in [5, 5.41) is 0. The summed E-state index contributed by atoms with van der Waals surface area (Å²) in [5.41, 5.74) is 0.583. The minimum Gasteiger partial charge on any atom is -0.204 e. The second kappa shape index (κ2) is 4.25. The van der Waals surface area contributed by atoms with Crippen molar-refractivity contribution in [3.63, 3.8) is 0 Å². The van der Waals surface area contributed by atoms with E-state index in [1.807, 2.05) is 0 Å². The zero-order valence-electron chi connectivity index (χ0n) is 8.27. The molecule has 1 aliphatic rings. The summed E-state index contributed by atoms with van der Waals surface area (Å²) in [5.74, 6) is -3.38. The normalized spacial score (nSPS) is 18.1. The molecule has 0 unspecified atom stereocenters. The third kappa shape index (κ3) is 2.16. The Bertz CT molecular complexity index is 331. The first kappa shape index (κ1) is 10.5. The summed E-state index contributed by atoms with van der Waals surface area (Å²) in [4.78, 5) is 0. The molecule has 0 aromatic heterocycles. The van der Waals surface area contributed by atoms with Gasteiger partial charge in [0.05, 0.1) is 0 Å². The average molecular weight is 213 g/mol. The molecular formula is C12H12F3. The van der Waals surface area contributed by atoms with Crippen LogP contribution in [0.5, 0.6) is 0 Å². The molecule has 15 heavy (non-hydrogen) atoms. The zero-order valence-corrected chi connectivity index (χ0v) is 8.27. The van der Waals surface area contributed by atoms with Gasteiger partial charge in [-0.25, -0.2) is 13.2 Å². The number of benzene rings is 1. The molecule has 1 saturated carbocycles. The Morgan fingerprint density at radius 3 is 2.00 bits per heavy atom. The van der Waals surface area contributed by atoms with Crippen molar-refractivity contribution in [3.8, 4) is 0 Å². The van der Waals surface area contributed by atoms with E-state index in [0.717, 1.165) is 37.8 Å². The van der Waals surface area contributed by atoms with E-state index in [4.69, 9.17) is 0 Å². The second-order valence-corrected chi connectivity index (χ2v) is 3.94. The SMILES string of the molecule is Fc1cc(C2CC[CH]CC2)cc(F)c1F. The van der Waals surface area contributed by atoms with Gasteiger partial charge in [0.2, 0.25) is 0 Å². The molecule has 1 fully saturated rings. The van der Waals surface area contributed by atoms with E-state index < -0.39 is 17.5 Å². The van der Waals surface area contributed by atoms with Crippen LogP contribution < -0.4 is 0 Å². The highest BCUT2D eigenvalue weighted by atomic mass is 19.2. The second-order valence-electron chi connectivity index (χ2n) is 3.94. The Morgan fingerprint density at radius 1 is 0.933 bits per heavy atom. The molecule has 1 aromatic rings. The molecule has 0 saturated heterocycles. The summed E-state index contributed by atoms with van der Waals surface area (Å²) >= 11 is 0. The van der Waals surface area contributed by atoms with E-state index in [1.54, 1.807) is 0 Å². The molecule has 1 radical (unpaired) electrons. The van der Waals surface area contributed by atoms with Gasteiger partial charge in [-0.1, -0.05) is 0 Å². The third-order valence-electron chi connectivity index (χ3n) is 2.92. The van der Waals surface area contributed by atoms with Gasteiger partial charge in [-0.15, -0.1) is 0 Å². The number of rotatable bonds is 1. The summed E-state index contributed by atoms with van der Waals surface area (Å²) in [7, 11) is 0. The van der Waals surface area contributed by atoms with Crippen LogP contribution in [0.4, 0.5) is 13.2 Å². The number of halogens is 3. The monoisotopic (exact) mass is 213 g/mol. The molecule has 0 spiro atoms. The minimum atomic E-state index is -1.37. The maximum atomic E-state index is 13.0. The van der Waals surface area contributed by atoms with Crippen molar-refractivity contribution in [1.29, 1.82) is 0 Å². The van der Waals surface area contributed by atoms with E-state index in [-0.39, 0.29) is 5.92 Å². The van der Waals surface area contributed by atoms with Crippen LogP contribution in [0.2, 0.25) is 0 Å². The van der Waals surface area contributed by atoms with Gasteiger partial charge in [-0.2, -0.15) is 0 Å². The highest BCUT2D eigenvalue weighted by molar-refractivity contribution is 5.23. The average Bonchev–Trinajstić information content (AvgIpc) is 2.26. The highest BCUT2D eigenvalue weighted by Gasteiger charge is 2.19. The fraction of sp³-hybridized carbons (Fsp3) is 0.417. The standard InChI is InChI=1S/C12H12F3/c13-10-6-9(7-11(14)12(10)15)8-4-2-1-3-5-8/h1,6-8H,2-5H2. The van der Waals surface area contributed by atoms with E-state index in [0.29, 0.717) is 5.56 Å². The van der Waals surface area contributed by atoms with Gasteiger partial charge in [-0.05, 0) is 55.7 Å². The van der Waals surface area contributed by atoms with Crippen LogP contribution in [0.25, 0.3) is 0 Å². The van der Waals surface area contributed by atoms with Gasteiger partial charge < -0.3 is 0 Å². The maximum Gasteiger partial charge on any atom is 0.194 e. The van der Waals surface area contributed by atoms with Crippen LogP contribution in [-0.4, -0.2) is 0 Å². The topological polar surface area (TPSA) is 0 Å². The van der Waals surface area contributed by atoms with Crippen LogP contribution in [0.3, 0.4) is 0 Å². The number of hydrogen-bond acceptors (Lipinski definition) is 0. The van der Waals surface area contributed by atoms with Crippen molar-refractivity contribution < 1.29 is 13.2 Å². The van der Waals surface area contributed by atoms with Crippen molar-refractivity contribution in [3.05, 3.63) is 41.6 Å². The van der Waals surface area contributed by atoms with E-state index >= 15 is 0 Å². The number of hydrogen-bond donors (Lipinski definition) is 0. The largest absolute Gasteiger partial charge is 0.204 e. The van der Waals surface area contributed by atoms with Crippen LogP contribution in [0, 0.1) is 23.9 Å². The first-order chi connectivity index (χ1) is 7.18. The fourth-order valence-corrected chi connectivity index (χ4v) is 2.07. The molecule has 0 N–H and O–H groups in total. The van der Waals surface area contributed by atoms with Crippen molar-refractivity contribution in [2.45, 2.75) is 31.6 Å². The lowest BCUT2D eigenvalue weighted by Gasteiger charge is -2.21. The first-order valence-electron chi connectivity index (χ1n) is 5.14. The molecule has 0 atom stereocenters. The lowest BCUT2D eigenvalue weighted by molar-refractivity contribution is 0.437. The predicted octanol–water partition coefficient (Wildman–Crippen LogP) is 3.97. The van der Waals surface area contributed by atoms with E-state index in [1.165, 1.54) is 0 Å². The highest BCUT2D eigenvalue weighted by Crippen LogP contribution is 2.33. The molecular weight excluding hydrogens is 201 g/mol. The Morgan fingerprint density at radius 2 is 1.47 bits per heavy atom. The molecule has 0 heterocycles. The van der Waals surface area contributed by atoms with Gasteiger partial charge in [0, 0.05) is 0 Å². The van der Waals surface area contributed by atoms with Gasteiger partial charge in [0.1, 0.15) is 0 Å². The first-order valence-corrected chi connectivity index (χ1v) is 5.14. The van der Waals surface area contributed by atoms with Crippen LogP contribution >= 0.6 is 0 Å².